The quantitative estimate of drug-likeness (QED) is 0.923. The highest BCUT2D eigenvalue weighted by atomic mass is 16.5. The Hall–Kier alpha value is -2.04. The monoisotopic (exact) mass is 330 g/mol. The molecule has 24 heavy (non-hydrogen) atoms. The minimum Gasteiger partial charge on any atom is -0.495 e. The first-order valence-corrected chi connectivity index (χ1v) is 8.84. The van der Waals surface area contributed by atoms with Crippen LogP contribution in [0.2, 0.25) is 0 Å². The van der Waals surface area contributed by atoms with Crippen LogP contribution in [0, 0.1) is 18.8 Å². The SMILES string of the molecule is COc1ccc(C)cc1NC(=O)C1CC1C(=O)N1CCCCCC1. The Morgan fingerprint density at radius 1 is 1.12 bits per heavy atom. The first-order chi connectivity index (χ1) is 11.6. The Morgan fingerprint density at radius 3 is 2.50 bits per heavy atom. The van der Waals surface area contributed by atoms with E-state index >= 15 is 0 Å². The van der Waals surface area contributed by atoms with Gasteiger partial charge in [0.2, 0.25) is 11.8 Å². The number of nitrogens with zero attached hydrogens (tertiary/aromatic N) is 1. The van der Waals surface area contributed by atoms with Crippen LogP contribution in [0.1, 0.15) is 37.7 Å². The van der Waals surface area contributed by atoms with Crippen LogP contribution in [-0.2, 0) is 9.59 Å². The topological polar surface area (TPSA) is 58.6 Å². The molecule has 1 aromatic carbocycles. The van der Waals surface area contributed by atoms with Crippen LogP contribution in [0.25, 0.3) is 0 Å². The fraction of sp³-hybridized carbons (Fsp3) is 0.579. The fourth-order valence-electron chi connectivity index (χ4n) is 3.43. The van der Waals surface area contributed by atoms with Crippen molar-refractivity contribution in [2.75, 3.05) is 25.5 Å². The van der Waals surface area contributed by atoms with E-state index in [1.54, 1.807) is 7.11 Å². The molecule has 0 radical (unpaired) electrons. The number of methoxy groups -OCH3 is 1. The summed E-state index contributed by atoms with van der Waals surface area (Å²) in [5.41, 5.74) is 1.73. The summed E-state index contributed by atoms with van der Waals surface area (Å²) in [7, 11) is 1.59. The van der Waals surface area contributed by atoms with Gasteiger partial charge in [0, 0.05) is 13.1 Å². The van der Waals surface area contributed by atoms with Gasteiger partial charge in [-0.2, -0.15) is 0 Å². The van der Waals surface area contributed by atoms with Gasteiger partial charge in [-0.15, -0.1) is 0 Å². The Balaban J connectivity index is 1.59. The summed E-state index contributed by atoms with van der Waals surface area (Å²) in [6.45, 7) is 3.66. The maximum absolute atomic E-state index is 12.6. The molecule has 2 atom stereocenters. The maximum Gasteiger partial charge on any atom is 0.228 e. The number of nitrogens with one attached hydrogen (secondary N) is 1. The molecule has 1 N–H and O–H groups in total. The number of likely N-dealkylation sites (tertiary alicyclic amines) is 1. The first kappa shape index (κ1) is 16.8. The number of carbonyl (C=O) groups is 2. The van der Waals surface area contributed by atoms with E-state index < -0.39 is 0 Å². The highest BCUT2D eigenvalue weighted by Crippen LogP contribution is 2.41. The molecular formula is C19H26N2O3. The normalized spacial score (nSPS) is 23.3. The number of benzene rings is 1. The van der Waals surface area contributed by atoms with Gasteiger partial charge >= 0.3 is 0 Å². The summed E-state index contributed by atoms with van der Waals surface area (Å²) < 4.78 is 5.29. The molecule has 3 rings (SSSR count). The van der Waals surface area contributed by atoms with Crippen LogP contribution in [0.5, 0.6) is 5.75 Å². The lowest BCUT2D eigenvalue weighted by Crippen LogP contribution is -2.34. The second-order valence-electron chi connectivity index (χ2n) is 6.88. The van der Waals surface area contributed by atoms with E-state index in [1.807, 2.05) is 30.0 Å². The molecule has 1 aliphatic heterocycles. The lowest BCUT2D eigenvalue weighted by molar-refractivity contribution is -0.134. The zero-order valence-electron chi connectivity index (χ0n) is 14.5. The Bertz CT molecular complexity index is 621. The molecule has 1 saturated carbocycles. The molecule has 1 aliphatic carbocycles. The molecule has 130 valence electrons. The number of rotatable bonds is 4. The number of amides is 2. The third-order valence-corrected chi connectivity index (χ3v) is 4.97. The number of carbonyl (C=O) groups excluding carboxylic acids is 2. The van der Waals surface area contributed by atoms with Crippen molar-refractivity contribution in [1.29, 1.82) is 0 Å². The smallest absolute Gasteiger partial charge is 0.228 e. The maximum atomic E-state index is 12.6. The van der Waals surface area contributed by atoms with E-state index in [-0.39, 0.29) is 23.7 Å². The van der Waals surface area contributed by atoms with Gasteiger partial charge in [0.1, 0.15) is 5.75 Å². The zero-order chi connectivity index (χ0) is 17.1. The highest BCUT2D eigenvalue weighted by molar-refractivity contribution is 6.00. The van der Waals surface area contributed by atoms with Crippen molar-refractivity contribution in [3.05, 3.63) is 23.8 Å². The van der Waals surface area contributed by atoms with Crippen molar-refractivity contribution < 1.29 is 14.3 Å². The molecular weight excluding hydrogens is 304 g/mol. The predicted octanol–water partition coefficient (Wildman–Crippen LogP) is 2.98. The van der Waals surface area contributed by atoms with Crippen LogP contribution in [-0.4, -0.2) is 36.9 Å². The van der Waals surface area contributed by atoms with Gasteiger partial charge < -0.3 is 15.0 Å². The Kier molecular flexibility index (Phi) is 5.07. The molecule has 1 aromatic rings. The van der Waals surface area contributed by atoms with Gasteiger partial charge in [0.05, 0.1) is 24.6 Å². The molecule has 0 spiro atoms. The van der Waals surface area contributed by atoms with E-state index in [0.717, 1.165) is 31.5 Å². The van der Waals surface area contributed by atoms with Gasteiger partial charge in [-0.3, -0.25) is 9.59 Å². The minimum absolute atomic E-state index is 0.0768. The molecule has 2 amide bonds. The second kappa shape index (κ2) is 7.24. The van der Waals surface area contributed by atoms with Crippen LogP contribution in [0.4, 0.5) is 5.69 Å². The molecule has 2 aliphatic rings. The predicted molar refractivity (Wildman–Crippen MR) is 93.0 cm³/mol. The summed E-state index contributed by atoms with van der Waals surface area (Å²) in [4.78, 5) is 27.0. The van der Waals surface area contributed by atoms with Gasteiger partial charge in [0.25, 0.3) is 0 Å². The number of anilines is 1. The van der Waals surface area contributed by atoms with Crippen molar-refractivity contribution >= 4 is 17.5 Å². The van der Waals surface area contributed by atoms with Gasteiger partial charge in [0.15, 0.2) is 0 Å². The molecule has 5 nitrogen and oxygen atoms in total. The van der Waals surface area contributed by atoms with Crippen LogP contribution in [0.3, 0.4) is 0 Å². The van der Waals surface area contributed by atoms with Crippen molar-refractivity contribution in [1.82, 2.24) is 4.90 Å². The second-order valence-corrected chi connectivity index (χ2v) is 6.88. The highest BCUT2D eigenvalue weighted by Gasteiger charge is 2.49. The average Bonchev–Trinajstić information content (AvgIpc) is 3.38. The summed E-state index contributed by atoms with van der Waals surface area (Å²) in [6.07, 6.45) is 5.22. The number of aryl methyl sites for hydroxylation is 1. The third kappa shape index (κ3) is 3.71. The van der Waals surface area contributed by atoms with Crippen molar-refractivity contribution in [3.8, 4) is 5.75 Å². The van der Waals surface area contributed by atoms with Gasteiger partial charge in [-0.25, -0.2) is 0 Å². The van der Waals surface area contributed by atoms with E-state index in [2.05, 4.69) is 5.32 Å². The van der Waals surface area contributed by atoms with Crippen molar-refractivity contribution in [3.63, 3.8) is 0 Å². The molecule has 2 fully saturated rings. The molecule has 0 aromatic heterocycles. The van der Waals surface area contributed by atoms with Gasteiger partial charge in [-0.05, 0) is 43.9 Å². The largest absolute Gasteiger partial charge is 0.495 e. The summed E-state index contributed by atoms with van der Waals surface area (Å²) >= 11 is 0. The summed E-state index contributed by atoms with van der Waals surface area (Å²) in [6, 6.07) is 5.68. The Labute approximate surface area is 143 Å². The van der Waals surface area contributed by atoms with E-state index in [4.69, 9.17) is 4.74 Å². The molecule has 1 heterocycles. The lowest BCUT2D eigenvalue weighted by Gasteiger charge is -2.20. The number of ether oxygens (including phenoxy) is 1. The van der Waals surface area contributed by atoms with E-state index in [0.29, 0.717) is 17.9 Å². The summed E-state index contributed by atoms with van der Waals surface area (Å²) in [5.74, 6) is 0.384. The summed E-state index contributed by atoms with van der Waals surface area (Å²) in [5, 5.41) is 2.93. The molecule has 1 saturated heterocycles. The zero-order valence-corrected chi connectivity index (χ0v) is 14.5. The third-order valence-electron chi connectivity index (χ3n) is 4.97. The minimum atomic E-state index is -0.203. The van der Waals surface area contributed by atoms with Crippen LogP contribution in [0.15, 0.2) is 18.2 Å². The lowest BCUT2D eigenvalue weighted by atomic mass is 10.2. The van der Waals surface area contributed by atoms with Crippen LogP contribution >= 0.6 is 0 Å². The number of hydrogen-bond donors (Lipinski definition) is 1. The molecule has 5 heteroatoms. The van der Waals surface area contributed by atoms with E-state index in [9.17, 15) is 9.59 Å². The molecule has 0 bridgehead atoms. The fourth-order valence-corrected chi connectivity index (χ4v) is 3.43. The molecule has 2 unspecified atom stereocenters. The van der Waals surface area contributed by atoms with Crippen molar-refractivity contribution in [2.24, 2.45) is 11.8 Å². The van der Waals surface area contributed by atoms with Crippen molar-refractivity contribution in [2.45, 2.75) is 39.0 Å². The van der Waals surface area contributed by atoms with Crippen LogP contribution < -0.4 is 10.1 Å². The average molecular weight is 330 g/mol. The number of hydrogen-bond acceptors (Lipinski definition) is 3. The first-order valence-electron chi connectivity index (χ1n) is 8.84. The standard InChI is InChI=1S/C19H26N2O3/c1-13-7-8-17(24-2)16(11-13)20-18(22)14-12-15(14)19(23)21-9-5-3-4-6-10-21/h7-8,11,14-15H,3-6,9-10,12H2,1-2H3,(H,20,22). The van der Waals surface area contributed by atoms with E-state index in [1.165, 1.54) is 12.8 Å². The van der Waals surface area contributed by atoms with Gasteiger partial charge in [-0.1, -0.05) is 18.9 Å². The Morgan fingerprint density at radius 2 is 1.83 bits per heavy atom.